The van der Waals surface area contributed by atoms with Crippen LogP contribution in [-0.4, -0.2) is 42.5 Å². The van der Waals surface area contributed by atoms with E-state index in [0.717, 1.165) is 42.9 Å². The van der Waals surface area contributed by atoms with Crippen LogP contribution < -0.4 is 5.32 Å². The van der Waals surface area contributed by atoms with E-state index in [4.69, 9.17) is 23.2 Å². The maximum atomic E-state index is 6.28. The lowest BCUT2D eigenvalue weighted by Crippen LogP contribution is -2.36. The predicted molar refractivity (Wildman–Crippen MR) is 85.0 cm³/mol. The summed E-state index contributed by atoms with van der Waals surface area (Å²) >= 11 is 12.3. The smallest absolute Gasteiger partial charge is 0.193 e. The van der Waals surface area contributed by atoms with E-state index in [1.165, 1.54) is 5.56 Å². The van der Waals surface area contributed by atoms with Crippen LogP contribution in [0.5, 0.6) is 0 Å². The number of nitrogens with one attached hydrogen (secondary N) is 2. The molecule has 0 bridgehead atoms. The van der Waals surface area contributed by atoms with E-state index in [0.29, 0.717) is 10.0 Å². The van der Waals surface area contributed by atoms with Gasteiger partial charge in [0.1, 0.15) is 0 Å². The second-order valence-electron chi connectivity index (χ2n) is 4.93. The number of hydrogen-bond donors (Lipinski definition) is 2. The average molecular weight is 311 g/mol. The predicted octanol–water partition coefficient (Wildman–Crippen LogP) is 2.91. The van der Waals surface area contributed by atoms with Crippen molar-refractivity contribution >= 4 is 40.1 Å². The van der Waals surface area contributed by atoms with Crippen molar-refractivity contribution in [3.63, 3.8) is 0 Å². The van der Waals surface area contributed by atoms with Crippen LogP contribution in [0.3, 0.4) is 0 Å². The van der Waals surface area contributed by atoms with Crippen LogP contribution in [0, 0.1) is 0 Å². The summed E-state index contributed by atoms with van der Waals surface area (Å²) in [5.74, 6) is 0.971. The van der Waals surface area contributed by atoms with Crippen molar-refractivity contribution in [2.24, 2.45) is 4.99 Å². The maximum Gasteiger partial charge on any atom is 0.193 e. The minimum absolute atomic E-state index is 0.649. The third kappa shape index (κ3) is 2.58. The number of aliphatic imine (C=N–C) groups is 1. The zero-order valence-corrected chi connectivity index (χ0v) is 12.7. The molecule has 0 saturated carbocycles. The highest BCUT2D eigenvalue weighted by atomic mass is 35.5. The molecule has 3 rings (SSSR count). The zero-order valence-electron chi connectivity index (χ0n) is 11.2. The quantitative estimate of drug-likeness (QED) is 0.915. The Bertz CT molecular complexity index is 662. The Hall–Kier alpha value is -1.39. The van der Waals surface area contributed by atoms with Gasteiger partial charge in [-0.25, -0.2) is 0 Å². The maximum absolute atomic E-state index is 6.28. The van der Waals surface area contributed by atoms with E-state index in [1.54, 1.807) is 6.07 Å². The third-order valence-corrected chi connectivity index (χ3v) is 4.03. The van der Waals surface area contributed by atoms with E-state index >= 15 is 0 Å². The fourth-order valence-corrected chi connectivity index (χ4v) is 3.10. The first-order valence-corrected chi connectivity index (χ1v) is 7.35. The number of nitrogens with zero attached hydrogens (tertiary/aromatic N) is 2. The number of halogens is 2. The number of benzene rings is 1. The Kier molecular flexibility index (Phi) is 3.76. The number of rotatable bonds is 3. The van der Waals surface area contributed by atoms with Crippen molar-refractivity contribution in [1.82, 2.24) is 15.2 Å². The van der Waals surface area contributed by atoms with Gasteiger partial charge in [0.05, 0.1) is 11.6 Å². The second kappa shape index (κ2) is 5.54. The topological polar surface area (TPSA) is 43.4 Å². The number of fused-ring (bicyclic) bond motifs is 1. The summed E-state index contributed by atoms with van der Waals surface area (Å²) in [6.45, 7) is 2.69. The first-order valence-electron chi connectivity index (χ1n) is 6.59. The summed E-state index contributed by atoms with van der Waals surface area (Å²) in [5.41, 5.74) is 2.17. The van der Waals surface area contributed by atoms with Crippen LogP contribution in [0.15, 0.2) is 23.3 Å². The fourth-order valence-electron chi connectivity index (χ4n) is 2.48. The average Bonchev–Trinajstić information content (AvgIpc) is 2.97. The van der Waals surface area contributed by atoms with Crippen molar-refractivity contribution in [2.75, 3.05) is 26.7 Å². The Morgan fingerprint density at radius 2 is 2.25 bits per heavy atom. The van der Waals surface area contributed by atoms with E-state index in [-0.39, 0.29) is 0 Å². The van der Waals surface area contributed by atoms with Gasteiger partial charge in [-0.15, -0.1) is 0 Å². The highest BCUT2D eigenvalue weighted by molar-refractivity contribution is 6.38. The molecule has 2 heterocycles. The molecule has 0 unspecified atom stereocenters. The summed E-state index contributed by atoms with van der Waals surface area (Å²) in [5, 5.41) is 5.76. The lowest BCUT2D eigenvalue weighted by molar-refractivity contribution is 0.534. The molecular weight excluding hydrogens is 295 g/mol. The van der Waals surface area contributed by atoms with Gasteiger partial charge in [0.25, 0.3) is 0 Å². The molecule has 1 aliphatic heterocycles. The molecule has 1 aromatic carbocycles. The monoisotopic (exact) mass is 310 g/mol. The molecule has 0 fully saturated rings. The summed E-state index contributed by atoms with van der Waals surface area (Å²) in [6, 6.07) is 3.68. The summed E-state index contributed by atoms with van der Waals surface area (Å²) in [4.78, 5) is 9.75. The highest BCUT2D eigenvalue weighted by Gasteiger charge is 2.12. The Morgan fingerprint density at radius 1 is 1.40 bits per heavy atom. The van der Waals surface area contributed by atoms with E-state index in [9.17, 15) is 0 Å². The number of hydrogen-bond acceptors (Lipinski definition) is 3. The molecule has 2 aromatic rings. The molecule has 2 N–H and O–H groups in total. The van der Waals surface area contributed by atoms with Crippen LogP contribution >= 0.6 is 23.2 Å². The molecule has 0 aliphatic carbocycles. The van der Waals surface area contributed by atoms with Crippen LogP contribution in [0.4, 0.5) is 0 Å². The van der Waals surface area contributed by atoms with Gasteiger partial charge in [-0.2, -0.15) is 0 Å². The first-order chi connectivity index (χ1) is 9.65. The van der Waals surface area contributed by atoms with Gasteiger partial charge < -0.3 is 15.2 Å². The van der Waals surface area contributed by atoms with Gasteiger partial charge in [0.2, 0.25) is 0 Å². The molecular formula is C14H16Cl2N4. The van der Waals surface area contributed by atoms with Crippen molar-refractivity contribution in [3.05, 3.63) is 33.9 Å². The van der Waals surface area contributed by atoms with Crippen molar-refractivity contribution in [2.45, 2.75) is 6.42 Å². The van der Waals surface area contributed by atoms with Crippen LogP contribution in [0.2, 0.25) is 10.0 Å². The second-order valence-corrected chi connectivity index (χ2v) is 5.77. The fraction of sp³-hybridized carbons (Fsp3) is 0.357. The lowest BCUT2D eigenvalue weighted by atomic mass is 10.1. The summed E-state index contributed by atoms with van der Waals surface area (Å²) < 4.78 is 0. The normalized spacial score (nSPS) is 14.9. The molecule has 6 heteroatoms. The molecule has 1 aromatic heterocycles. The molecule has 4 nitrogen and oxygen atoms in total. The lowest BCUT2D eigenvalue weighted by Gasteiger charge is -2.14. The van der Waals surface area contributed by atoms with Crippen LogP contribution in [-0.2, 0) is 6.42 Å². The molecule has 106 valence electrons. The van der Waals surface area contributed by atoms with Gasteiger partial charge in [-0.1, -0.05) is 23.2 Å². The zero-order chi connectivity index (χ0) is 14.1. The van der Waals surface area contributed by atoms with E-state index in [1.807, 2.05) is 19.3 Å². The highest BCUT2D eigenvalue weighted by Crippen LogP contribution is 2.30. The summed E-state index contributed by atoms with van der Waals surface area (Å²) in [6.07, 6.45) is 2.88. The number of guanidine groups is 1. The van der Waals surface area contributed by atoms with Crippen LogP contribution in [0.1, 0.15) is 5.56 Å². The minimum Gasteiger partial charge on any atom is -0.361 e. The number of aromatic amines is 1. The minimum atomic E-state index is 0.649. The van der Waals surface area contributed by atoms with Gasteiger partial charge in [-0.3, -0.25) is 4.99 Å². The molecule has 0 atom stereocenters. The Morgan fingerprint density at radius 3 is 3.00 bits per heavy atom. The number of likely N-dealkylation sites (N-methyl/N-ethyl adjacent to an activating group) is 1. The number of aromatic nitrogens is 1. The van der Waals surface area contributed by atoms with Gasteiger partial charge in [0, 0.05) is 42.3 Å². The summed E-state index contributed by atoms with van der Waals surface area (Å²) in [7, 11) is 2.05. The Balaban J connectivity index is 1.72. The first kappa shape index (κ1) is 13.6. The molecule has 0 radical (unpaired) electrons. The third-order valence-electron chi connectivity index (χ3n) is 3.51. The molecule has 0 saturated heterocycles. The van der Waals surface area contributed by atoms with Crippen molar-refractivity contribution < 1.29 is 0 Å². The Labute approximate surface area is 127 Å². The van der Waals surface area contributed by atoms with Gasteiger partial charge in [0.15, 0.2) is 5.96 Å². The SMILES string of the molecule is CN1CCN=C1NCCc1c[nH]c2cc(Cl)cc(Cl)c12. The van der Waals surface area contributed by atoms with E-state index < -0.39 is 0 Å². The molecule has 0 spiro atoms. The molecule has 20 heavy (non-hydrogen) atoms. The van der Waals surface area contributed by atoms with Gasteiger partial charge in [-0.05, 0) is 24.1 Å². The molecule has 0 amide bonds. The van der Waals surface area contributed by atoms with Crippen molar-refractivity contribution in [1.29, 1.82) is 0 Å². The number of H-pyrrole nitrogens is 1. The van der Waals surface area contributed by atoms with Crippen molar-refractivity contribution in [3.8, 4) is 0 Å². The molecule has 1 aliphatic rings. The van der Waals surface area contributed by atoms with E-state index in [2.05, 4.69) is 20.2 Å². The largest absolute Gasteiger partial charge is 0.361 e. The van der Waals surface area contributed by atoms with Gasteiger partial charge >= 0.3 is 0 Å². The van der Waals surface area contributed by atoms with Crippen LogP contribution in [0.25, 0.3) is 10.9 Å². The standard InChI is InChI=1S/C14H16Cl2N4/c1-20-5-4-18-14(20)17-3-2-9-8-19-12-7-10(15)6-11(16)13(9)12/h6-8,19H,2-5H2,1H3,(H,17,18).